The van der Waals surface area contributed by atoms with Crippen molar-refractivity contribution >= 4 is 11.3 Å². The van der Waals surface area contributed by atoms with Gasteiger partial charge in [0.25, 0.3) is 0 Å². The van der Waals surface area contributed by atoms with Crippen molar-refractivity contribution < 1.29 is 9.47 Å². The van der Waals surface area contributed by atoms with Crippen LogP contribution in [-0.2, 0) is 11.3 Å². The van der Waals surface area contributed by atoms with E-state index in [2.05, 4.69) is 27.4 Å². The molecule has 2 aromatic rings. The van der Waals surface area contributed by atoms with Crippen molar-refractivity contribution in [3.63, 3.8) is 0 Å². The molecule has 2 aliphatic heterocycles. The summed E-state index contributed by atoms with van der Waals surface area (Å²) in [5.74, 6) is 0.841. The quantitative estimate of drug-likeness (QED) is 0.861. The van der Waals surface area contributed by atoms with E-state index in [0.29, 0.717) is 6.61 Å². The molecule has 122 valence electrons. The highest BCUT2D eigenvalue weighted by atomic mass is 32.1. The number of rotatable bonds is 4. The molecule has 0 amide bonds. The molecule has 0 aromatic carbocycles. The van der Waals surface area contributed by atoms with Crippen LogP contribution in [0.25, 0.3) is 0 Å². The van der Waals surface area contributed by atoms with Crippen LogP contribution in [0.4, 0.5) is 0 Å². The molecule has 1 atom stereocenters. The first kappa shape index (κ1) is 15.1. The van der Waals surface area contributed by atoms with Gasteiger partial charge in [0.2, 0.25) is 0 Å². The Morgan fingerprint density at radius 1 is 1.30 bits per heavy atom. The lowest BCUT2D eigenvalue weighted by molar-refractivity contribution is -0.0453. The monoisotopic (exact) mass is 330 g/mol. The van der Waals surface area contributed by atoms with Crippen molar-refractivity contribution in [1.29, 1.82) is 0 Å². The summed E-state index contributed by atoms with van der Waals surface area (Å²) in [5.41, 5.74) is 0.0266. The third kappa shape index (κ3) is 3.57. The average Bonchev–Trinajstić information content (AvgIpc) is 3.22. The second kappa shape index (κ2) is 6.59. The fourth-order valence-corrected chi connectivity index (χ4v) is 4.32. The zero-order valence-electron chi connectivity index (χ0n) is 13.2. The Balaban J connectivity index is 1.29. The standard InChI is InChI=1S/C18H22N2O2S/c1-3-15(12-19-7-1)22-16-11-18(21-14-16)5-8-20(9-6-18)13-17-4-2-10-23-17/h1-4,7,10,12,16H,5-6,8-9,11,13-14H2/t16-/m1/s1. The predicted molar refractivity (Wildman–Crippen MR) is 90.8 cm³/mol. The third-order valence-electron chi connectivity index (χ3n) is 4.84. The van der Waals surface area contributed by atoms with Crippen LogP contribution in [0.5, 0.6) is 5.75 Å². The topological polar surface area (TPSA) is 34.6 Å². The number of hydrogen-bond donors (Lipinski definition) is 0. The summed E-state index contributed by atoms with van der Waals surface area (Å²) in [6, 6.07) is 8.22. The maximum Gasteiger partial charge on any atom is 0.138 e. The summed E-state index contributed by atoms with van der Waals surface area (Å²) in [7, 11) is 0. The molecule has 0 aliphatic carbocycles. The Bertz CT molecular complexity index is 609. The molecule has 0 saturated carbocycles. The molecule has 2 fully saturated rings. The van der Waals surface area contributed by atoms with Crippen LogP contribution in [0, 0.1) is 0 Å². The van der Waals surface area contributed by atoms with E-state index in [1.54, 1.807) is 12.4 Å². The zero-order valence-corrected chi connectivity index (χ0v) is 14.0. The minimum Gasteiger partial charge on any atom is -0.486 e. The number of hydrogen-bond acceptors (Lipinski definition) is 5. The Kier molecular flexibility index (Phi) is 4.33. The lowest BCUT2D eigenvalue weighted by Crippen LogP contribution is -2.43. The van der Waals surface area contributed by atoms with E-state index < -0.39 is 0 Å². The Morgan fingerprint density at radius 3 is 2.96 bits per heavy atom. The van der Waals surface area contributed by atoms with Gasteiger partial charge in [-0.3, -0.25) is 9.88 Å². The molecule has 2 aromatic heterocycles. The van der Waals surface area contributed by atoms with E-state index in [-0.39, 0.29) is 11.7 Å². The second-order valence-corrected chi connectivity index (χ2v) is 7.51. The number of ether oxygens (including phenoxy) is 2. The van der Waals surface area contributed by atoms with Crippen molar-refractivity contribution in [1.82, 2.24) is 9.88 Å². The molecule has 2 aliphatic rings. The maximum absolute atomic E-state index is 6.18. The zero-order chi connectivity index (χ0) is 15.5. The first-order valence-electron chi connectivity index (χ1n) is 8.27. The molecular formula is C18H22N2O2S. The van der Waals surface area contributed by atoms with Crippen LogP contribution in [-0.4, -0.2) is 41.3 Å². The molecule has 23 heavy (non-hydrogen) atoms. The Labute approximate surface area is 141 Å². The minimum atomic E-state index is 0.0266. The highest BCUT2D eigenvalue weighted by Gasteiger charge is 2.43. The fourth-order valence-electron chi connectivity index (χ4n) is 3.58. The number of likely N-dealkylation sites (tertiary alicyclic amines) is 1. The summed E-state index contributed by atoms with van der Waals surface area (Å²) in [6.07, 6.45) is 6.89. The molecule has 1 spiro atoms. The predicted octanol–water partition coefficient (Wildman–Crippen LogP) is 3.35. The summed E-state index contributed by atoms with van der Waals surface area (Å²) in [4.78, 5) is 8.09. The minimum absolute atomic E-state index is 0.0266. The van der Waals surface area contributed by atoms with Crippen LogP contribution in [0.15, 0.2) is 42.0 Å². The number of piperidine rings is 1. The van der Waals surface area contributed by atoms with Gasteiger partial charge in [0, 0.05) is 37.1 Å². The van der Waals surface area contributed by atoms with Gasteiger partial charge in [-0.15, -0.1) is 11.3 Å². The first-order chi connectivity index (χ1) is 11.3. The lowest BCUT2D eigenvalue weighted by Gasteiger charge is -2.38. The molecule has 0 unspecified atom stereocenters. The molecular weight excluding hydrogens is 308 g/mol. The SMILES string of the molecule is c1cncc(O[C@H]2COC3(CCN(Cc4cccs4)CC3)C2)c1. The highest BCUT2D eigenvalue weighted by molar-refractivity contribution is 7.09. The summed E-state index contributed by atoms with van der Waals surface area (Å²) < 4.78 is 12.2. The van der Waals surface area contributed by atoms with E-state index in [0.717, 1.165) is 44.6 Å². The normalized spacial score (nSPS) is 24.1. The largest absolute Gasteiger partial charge is 0.486 e. The van der Waals surface area contributed by atoms with Crippen LogP contribution in [0.1, 0.15) is 24.1 Å². The molecule has 4 heterocycles. The Hall–Kier alpha value is -1.43. The lowest BCUT2D eigenvalue weighted by atomic mass is 9.88. The number of aromatic nitrogens is 1. The van der Waals surface area contributed by atoms with Gasteiger partial charge >= 0.3 is 0 Å². The van der Waals surface area contributed by atoms with Crippen LogP contribution < -0.4 is 4.74 Å². The van der Waals surface area contributed by atoms with Gasteiger partial charge in [-0.05, 0) is 36.4 Å². The molecule has 4 nitrogen and oxygen atoms in total. The highest BCUT2D eigenvalue weighted by Crippen LogP contribution is 2.37. The molecule has 4 rings (SSSR count). The van der Waals surface area contributed by atoms with Gasteiger partial charge in [0.15, 0.2) is 0 Å². The van der Waals surface area contributed by atoms with Crippen LogP contribution >= 0.6 is 11.3 Å². The van der Waals surface area contributed by atoms with Gasteiger partial charge in [0.1, 0.15) is 11.9 Å². The van der Waals surface area contributed by atoms with E-state index >= 15 is 0 Å². The van der Waals surface area contributed by atoms with Gasteiger partial charge in [-0.25, -0.2) is 0 Å². The van der Waals surface area contributed by atoms with Gasteiger partial charge in [-0.2, -0.15) is 0 Å². The van der Waals surface area contributed by atoms with Crippen molar-refractivity contribution in [2.45, 2.75) is 37.5 Å². The van der Waals surface area contributed by atoms with Gasteiger partial charge in [-0.1, -0.05) is 6.07 Å². The van der Waals surface area contributed by atoms with Crippen molar-refractivity contribution in [3.05, 3.63) is 46.9 Å². The summed E-state index contributed by atoms with van der Waals surface area (Å²) in [6.45, 7) is 3.98. The number of nitrogens with zero attached hydrogens (tertiary/aromatic N) is 2. The van der Waals surface area contributed by atoms with E-state index in [9.17, 15) is 0 Å². The molecule has 2 saturated heterocycles. The molecule has 0 N–H and O–H groups in total. The second-order valence-electron chi connectivity index (χ2n) is 6.48. The van der Waals surface area contributed by atoms with E-state index in [1.807, 2.05) is 23.5 Å². The maximum atomic E-state index is 6.18. The molecule has 0 bridgehead atoms. The van der Waals surface area contributed by atoms with Crippen LogP contribution in [0.2, 0.25) is 0 Å². The number of thiophene rings is 1. The van der Waals surface area contributed by atoms with Crippen molar-refractivity contribution in [2.75, 3.05) is 19.7 Å². The van der Waals surface area contributed by atoms with Crippen molar-refractivity contribution in [2.24, 2.45) is 0 Å². The average molecular weight is 330 g/mol. The molecule has 5 heteroatoms. The third-order valence-corrected chi connectivity index (χ3v) is 5.70. The smallest absolute Gasteiger partial charge is 0.138 e. The fraction of sp³-hybridized carbons (Fsp3) is 0.500. The number of pyridine rings is 1. The molecule has 0 radical (unpaired) electrons. The van der Waals surface area contributed by atoms with Gasteiger partial charge in [0.05, 0.1) is 18.4 Å². The van der Waals surface area contributed by atoms with Gasteiger partial charge < -0.3 is 9.47 Å². The summed E-state index contributed by atoms with van der Waals surface area (Å²) >= 11 is 1.84. The van der Waals surface area contributed by atoms with Crippen LogP contribution in [0.3, 0.4) is 0 Å². The van der Waals surface area contributed by atoms with E-state index in [4.69, 9.17) is 9.47 Å². The summed E-state index contributed by atoms with van der Waals surface area (Å²) in [5, 5.41) is 2.15. The van der Waals surface area contributed by atoms with Crippen molar-refractivity contribution in [3.8, 4) is 5.75 Å². The van der Waals surface area contributed by atoms with E-state index in [1.165, 1.54) is 4.88 Å². The first-order valence-corrected chi connectivity index (χ1v) is 9.15. The Morgan fingerprint density at radius 2 is 2.22 bits per heavy atom.